The minimum Gasteiger partial charge on any atom is -0.468 e. The van der Waals surface area contributed by atoms with Gasteiger partial charge in [-0.25, -0.2) is 12.8 Å². The number of halogens is 1. The number of sulfone groups is 1. The highest BCUT2D eigenvalue weighted by Gasteiger charge is 2.19. The molecule has 0 aliphatic rings. The molecule has 116 valence electrons. The normalized spacial score (nSPS) is 11.0. The maximum atomic E-state index is 12.8. The van der Waals surface area contributed by atoms with Crippen molar-refractivity contribution in [2.45, 2.75) is 6.42 Å². The minimum atomic E-state index is -3.72. The third-order valence-corrected chi connectivity index (χ3v) is 3.99. The lowest BCUT2D eigenvalue weighted by Gasteiger charge is -2.08. The molecule has 0 saturated carbocycles. The van der Waals surface area contributed by atoms with Gasteiger partial charge in [-0.1, -0.05) is 0 Å². The van der Waals surface area contributed by atoms with E-state index in [2.05, 4.69) is 10.1 Å². The average Bonchev–Trinajstić information content (AvgIpc) is 2.39. The molecule has 7 nitrogen and oxygen atoms in total. The summed E-state index contributed by atoms with van der Waals surface area (Å²) in [5.41, 5.74) is 5.72. The zero-order chi connectivity index (χ0) is 16.0. The first-order valence-electron chi connectivity index (χ1n) is 5.85. The van der Waals surface area contributed by atoms with Crippen LogP contribution in [0.15, 0.2) is 18.2 Å². The fraction of sp³-hybridized carbons (Fsp3) is 0.333. The van der Waals surface area contributed by atoms with Crippen LogP contribution in [0.1, 0.15) is 6.42 Å². The van der Waals surface area contributed by atoms with E-state index in [4.69, 9.17) is 5.73 Å². The number of rotatable bonds is 6. The predicted octanol–water partition coefficient (Wildman–Crippen LogP) is 0.324. The molecule has 21 heavy (non-hydrogen) atoms. The summed E-state index contributed by atoms with van der Waals surface area (Å²) in [4.78, 5) is 22.5. The molecule has 0 radical (unpaired) electrons. The van der Waals surface area contributed by atoms with Gasteiger partial charge in [0.1, 0.15) is 11.6 Å². The number of esters is 1. The predicted molar refractivity (Wildman–Crippen MR) is 74.7 cm³/mol. The molecule has 9 heteroatoms. The lowest BCUT2D eigenvalue weighted by molar-refractivity contribution is -0.137. The lowest BCUT2D eigenvalue weighted by Crippen LogP contribution is -2.23. The Labute approximate surface area is 121 Å². The van der Waals surface area contributed by atoms with Gasteiger partial charge in [0.15, 0.2) is 9.84 Å². The van der Waals surface area contributed by atoms with Crippen molar-refractivity contribution in [1.82, 2.24) is 0 Å². The van der Waals surface area contributed by atoms with Gasteiger partial charge in [-0.3, -0.25) is 9.59 Å². The molecule has 1 aromatic carbocycles. The second-order valence-electron chi connectivity index (χ2n) is 4.20. The van der Waals surface area contributed by atoms with E-state index in [1.54, 1.807) is 0 Å². The maximum Gasteiger partial charge on any atom is 0.320 e. The number of nitrogen functional groups attached to an aromatic ring is 1. The maximum absolute atomic E-state index is 12.8. The first-order chi connectivity index (χ1) is 9.73. The molecule has 0 atom stereocenters. The smallest absolute Gasteiger partial charge is 0.320 e. The lowest BCUT2D eigenvalue weighted by atomic mass is 10.2. The van der Waals surface area contributed by atoms with Gasteiger partial charge in [-0.15, -0.1) is 0 Å². The molecule has 0 aliphatic heterocycles. The van der Waals surface area contributed by atoms with Crippen LogP contribution in [0.4, 0.5) is 15.8 Å². The number of benzene rings is 1. The Morgan fingerprint density at radius 2 is 2.05 bits per heavy atom. The fourth-order valence-electron chi connectivity index (χ4n) is 1.42. The van der Waals surface area contributed by atoms with E-state index >= 15 is 0 Å². The number of carbonyl (C=O) groups excluding carboxylic acids is 2. The summed E-state index contributed by atoms with van der Waals surface area (Å²) in [7, 11) is -2.65. The molecular formula is C12H15FN2O5S. The first kappa shape index (κ1) is 16.9. The van der Waals surface area contributed by atoms with Gasteiger partial charge in [-0.05, 0) is 18.2 Å². The van der Waals surface area contributed by atoms with Crippen LogP contribution in [0, 0.1) is 5.82 Å². The number of nitrogens with one attached hydrogen (secondary N) is 1. The fourth-order valence-corrected chi connectivity index (χ4v) is 2.54. The highest BCUT2D eigenvalue weighted by molar-refractivity contribution is 7.92. The van der Waals surface area contributed by atoms with Crippen LogP contribution in [-0.4, -0.2) is 38.9 Å². The van der Waals surface area contributed by atoms with Crippen molar-refractivity contribution in [2.24, 2.45) is 0 Å². The van der Waals surface area contributed by atoms with Crippen molar-refractivity contribution in [3.05, 3.63) is 24.0 Å². The second-order valence-corrected chi connectivity index (χ2v) is 6.38. The highest BCUT2D eigenvalue weighted by atomic mass is 32.2. The zero-order valence-electron chi connectivity index (χ0n) is 11.3. The molecule has 0 heterocycles. The molecule has 0 bridgehead atoms. The van der Waals surface area contributed by atoms with Crippen molar-refractivity contribution >= 4 is 33.1 Å². The van der Waals surface area contributed by atoms with Crippen LogP contribution >= 0.6 is 0 Å². The van der Waals surface area contributed by atoms with Crippen LogP contribution < -0.4 is 11.1 Å². The summed E-state index contributed by atoms with van der Waals surface area (Å²) in [6.45, 7) is 0. The van der Waals surface area contributed by atoms with Gasteiger partial charge in [-0.2, -0.15) is 0 Å². The number of anilines is 2. The Kier molecular flexibility index (Phi) is 5.65. The Hall–Kier alpha value is -2.16. The zero-order valence-corrected chi connectivity index (χ0v) is 12.1. The Morgan fingerprint density at radius 3 is 2.62 bits per heavy atom. The summed E-state index contributed by atoms with van der Waals surface area (Å²) in [5, 5.41) is 2.37. The molecule has 0 saturated heterocycles. The monoisotopic (exact) mass is 318 g/mol. The highest BCUT2D eigenvalue weighted by Crippen LogP contribution is 2.19. The van der Waals surface area contributed by atoms with Crippen molar-refractivity contribution < 1.29 is 27.1 Å². The van der Waals surface area contributed by atoms with Crippen LogP contribution in [0.3, 0.4) is 0 Å². The molecule has 0 unspecified atom stereocenters. The van der Waals surface area contributed by atoms with E-state index in [1.165, 1.54) is 6.07 Å². The molecule has 0 aliphatic carbocycles. The Morgan fingerprint density at radius 1 is 1.38 bits per heavy atom. The summed E-state index contributed by atoms with van der Waals surface area (Å²) < 4.78 is 40.1. The molecule has 1 rings (SSSR count). The van der Waals surface area contributed by atoms with E-state index < -0.39 is 39.0 Å². The summed E-state index contributed by atoms with van der Waals surface area (Å²) >= 11 is 0. The van der Waals surface area contributed by atoms with Gasteiger partial charge in [0, 0.05) is 6.42 Å². The number of ether oxygens (including phenoxy) is 1. The number of carbonyl (C=O) groups is 2. The largest absolute Gasteiger partial charge is 0.468 e. The number of hydrogen-bond acceptors (Lipinski definition) is 6. The van der Waals surface area contributed by atoms with E-state index in [1.807, 2.05) is 0 Å². The van der Waals surface area contributed by atoms with Crippen LogP contribution in [0.2, 0.25) is 0 Å². The topological polar surface area (TPSA) is 116 Å². The van der Waals surface area contributed by atoms with Gasteiger partial charge in [0.05, 0.1) is 24.2 Å². The molecule has 0 fully saturated rings. The van der Waals surface area contributed by atoms with Crippen LogP contribution in [-0.2, 0) is 24.2 Å². The molecule has 3 N–H and O–H groups in total. The van der Waals surface area contributed by atoms with Gasteiger partial charge in [0.2, 0.25) is 5.91 Å². The minimum absolute atomic E-state index is 0.0285. The average molecular weight is 318 g/mol. The second kappa shape index (κ2) is 7.02. The van der Waals surface area contributed by atoms with Gasteiger partial charge < -0.3 is 15.8 Å². The molecule has 0 aromatic heterocycles. The van der Waals surface area contributed by atoms with E-state index in [0.717, 1.165) is 19.2 Å². The Balaban J connectivity index is 2.56. The molecule has 1 aromatic rings. The third-order valence-electron chi connectivity index (χ3n) is 2.49. The van der Waals surface area contributed by atoms with Crippen molar-refractivity contribution in [2.75, 3.05) is 29.7 Å². The molecule has 1 amide bonds. The quantitative estimate of drug-likeness (QED) is 0.576. The standard InChI is InChI=1S/C12H15FN2O5S/c1-20-12(17)7-21(18,19)5-4-11(16)15-10-3-2-8(13)6-9(10)14/h2-3,6H,4-5,7,14H2,1H3,(H,15,16). The van der Waals surface area contributed by atoms with E-state index in [0.29, 0.717) is 0 Å². The van der Waals surface area contributed by atoms with Crippen molar-refractivity contribution in [3.8, 4) is 0 Å². The number of hydrogen-bond donors (Lipinski definition) is 2. The summed E-state index contributed by atoms with van der Waals surface area (Å²) in [6, 6.07) is 3.41. The van der Waals surface area contributed by atoms with Crippen LogP contribution in [0.5, 0.6) is 0 Å². The third kappa shape index (κ3) is 5.78. The SMILES string of the molecule is COC(=O)CS(=O)(=O)CCC(=O)Nc1ccc(F)cc1N. The first-order valence-corrected chi connectivity index (χ1v) is 7.68. The van der Waals surface area contributed by atoms with Crippen LogP contribution in [0.25, 0.3) is 0 Å². The number of nitrogens with two attached hydrogens (primary N) is 1. The number of amides is 1. The molecule has 0 spiro atoms. The van der Waals surface area contributed by atoms with Crippen molar-refractivity contribution in [3.63, 3.8) is 0 Å². The summed E-state index contributed by atoms with van der Waals surface area (Å²) in [5.74, 6) is -3.34. The van der Waals surface area contributed by atoms with E-state index in [-0.39, 0.29) is 17.8 Å². The van der Waals surface area contributed by atoms with E-state index in [9.17, 15) is 22.4 Å². The van der Waals surface area contributed by atoms with Gasteiger partial charge in [0.25, 0.3) is 0 Å². The summed E-state index contributed by atoms with van der Waals surface area (Å²) in [6.07, 6.45) is -0.351. The number of methoxy groups -OCH3 is 1. The van der Waals surface area contributed by atoms with Crippen molar-refractivity contribution in [1.29, 1.82) is 0 Å². The molecular weight excluding hydrogens is 303 g/mol. The van der Waals surface area contributed by atoms with Gasteiger partial charge >= 0.3 is 5.97 Å². The Bertz CT molecular complexity index is 645.